The SMILES string of the molecule is COC(=O)C(CNS(=O)(=O)c1ccccc1[N+](=O)[O-])(N=C=O)OC(C)(C)C. The second-order valence-corrected chi connectivity index (χ2v) is 7.98. The normalized spacial score (nSPS) is 13.9. The largest absolute Gasteiger partial charge is 0.465 e. The molecule has 0 aromatic heterocycles. The topological polar surface area (TPSA) is 154 Å². The maximum atomic E-state index is 12.5. The smallest absolute Gasteiger partial charge is 0.363 e. The molecule has 0 fully saturated rings. The number of hydrogen-bond acceptors (Lipinski definition) is 9. The van der Waals surface area contributed by atoms with Crippen LogP contribution in [0.1, 0.15) is 20.8 Å². The van der Waals surface area contributed by atoms with E-state index in [9.17, 15) is 28.1 Å². The van der Waals surface area contributed by atoms with Crippen molar-refractivity contribution in [1.82, 2.24) is 4.72 Å². The van der Waals surface area contributed by atoms with Gasteiger partial charge in [-0.15, -0.1) is 0 Å². The molecule has 0 saturated heterocycles. The van der Waals surface area contributed by atoms with E-state index in [2.05, 4.69) is 9.73 Å². The number of hydrogen-bond donors (Lipinski definition) is 1. The number of isocyanates is 1. The van der Waals surface area contributed by atoms with Crippen LogP contribution in [-0.4, -0.2) is 50.4 Å². The van der Waals surface area contributed by atoms with Crippen LogP contribution < -0.4 is 4.72 Å². The first-order valence-corrected chi connectivity index (χ1v) is 8.97. The highest BCUT2D eigenvalue weighted by atomic mass is 32.2. The summed E-state index contributed by atoms with van der Waals surface area (Å²) in [6.45, 7) is 3.78. The summed E-state index contributed by atoms with van der Waals surface area (Å²) < 4.78 is 37.1. The Labute approximate surface area is 155 Å². The standard InChI is InChI=1S/C15H19N3O8S/c1-14(2,3)26-15(16-10-19,13(20)25-4)9-17-27(23,24)12-8-6-5-7-11(12)18(21)22/h5-8,17H,9H2,1-4H3. The predicted molar refractivity (Wildman–Crippen MR) is 92.0 cm³/mol. The first-order valence-electron chi connectivity index (χ1n) is 7.49. The molecule has 11 nitrogen and oxygen atoms in total. The summed E-state index contributed by atoms with van der Waals surface area (Å²) in [6, 6.07) is 4.63. The van der Waals surface area contributed by atoms with Crippen LogP contribution in [-0.2, 0) is 29.1 Å². The van der Waals surface area contributed by atoms with E-state index in [-0.39, 0.29) is 0 Å². The molecule has 27 heavy (non-hydrogen) atoms. The minimum atomic E-state index is -4.45. The number of sulfonamides is 1. The monoisotopic (exact) mass is 401 g/mol. The molecule has 0 saturated carbocycles. The van der Waals surface area contributed by atoms with Crippen molar-refractivity contribution >= 4 is 27.8 Å². The molecule has 1 rings (SSSR count). The van der Waals surface area contributed by atoms with Crippen LogP contribution in [0.5, 0.6) is 0 Å². The van der Waals surface area contributed by atoms with Gasteiger partial charge in [0.2, 0.25) is 16.1 Å². The highest BCUT2D eigenvalue weighted by molar-refractivity contribution is 7.89. The minimum Gasteiger partial charge on any atom is -0.465 e. The maximum Gasteiger partial charge on any atom is 0.363 e. The van der Waals surface area contributed by atoms with Crippen molar-refractivity contribution in [3.05, 3.63) is 34.4 Å². The highest BCUT2D eigenvalue weighted by Crippen LogP contribution is 2.26. The molecule has 0 aliphatic carbocycles. The Bertz CT molecular complexity index is 871. The number of aliphatic imine (C=N–C) groups is 1. The number of carbonyl (C=O) groups excluding carboxylic acids is 2. The third-order valence-electron chi connectivity index (χ3n) is 3.06. The molecule has 1 aromatic carbocycles. The van der Waals surface area contributed by atoms with Gasteiger partial charge in [0.1, 0.15) is 0 Å². The summed E-state index contributed by atoms with van der Waals surface area (Å²) in [5, 5.41) is 11.1. The number of carbonyl (C=O) groups is 1. The summed E-state index contributed by atoms with van der Waals surface area (Å²) in [4.78, 5) is 35.9. The average Bonchev–Trinajstić information content (AvgIpc) is 2.58. The van der Waals surface area contributed by atoms with E-state index >= 15 is 0 Å². The lowest BCUT2D eigenvalue weighted by molar-refractivity contribution is -0.387. The molecule has 1 unspecified atom stereocenters. The van der Waals surface area contributed by atoms with Gasteiger partial charge in [-0.2, -0.15) is 4.99 Å². The Hall–Kier alpha value is -2.66. The zero-order valence-electron chi connectivity index (χ0n) is 15.1. The van der Waals surface area contributed by atoms with Crippen molar-refractivity contribution in [3.63, 3.8) is 0 Å². The van der Waals surface area contributed by atoms with Crippen LogP contribution in [0.3, 0.4) is 0 Å². The number of rotatable bonds is 8. The second kappa shape index (κ2) is 8.35. The van der Waals surface area contributed by atoms with Gasteiger partial charge in [-0.3, -0.25) is 10.1 Å². The summed E-state index contributed by atoms with van der Waals surface area (Å²) in [6.07, 6.45) is 1.16. The van der Waals surface area contributed by atoms with Crippen molar-refractivity contribution in [1.29, 1.82) is 0 Å². The second-order valence-electron chi connectivity index (χ2n) is 6.24. The number of nitrogens with zero attached hydrogens (tertiary/aromatic N) is 2. The Kier molecular flexibility index (Phi) is 6.93. The Morgan fingerprint density at radius 2 is 1.93 bits per heavy atom. The van der Waals surface area contributed by atoms with Gasteiger partial charge < -0.3 is 9.47 Å². The molecule has 12 heteroatoms. The number of para-hydroxylation sites is 1. The molecule has 0 aliphatic heterocycles. The van der Waals surface area contributed by atoms with E-state index in [0.29, 0.717) is 0 Å². The highest BCUT2D eigenvalue weighted by Gasteiger charge is 2.46. The molecule has 0 spiro atoms. The van der Waals surface area contributed by atoms with Gasteiger partial charge in [0, 0.05) is 6.07 Å². The van der Waals surface area contributed by atoms with Crippen molar-refractivity contribution in [2.24, 2.45) is 4.99 Å². The molecule has 0 amide bonds. The Morgan fingerprint density at radius 3 is 2.41 bits per heavy atom. The summed E-state index contributed by atoms with van der Waals surface area (Å²) in [5.74, 6) is -1.15. The van der Waals surface area contributed by atoms with Crippen LogP contribution >= 0.6 is 0 Å². The molecular formula is C15H19N3O8S. The predicted octanol–water partition coefficient (Wildman–Crippen LogP) is 0.893. The lowest BCUT2D eigenvalue weighted by atomic mass is 10.1. The number of methoxy groups -OCH3 is 1. The molecule has 0 bridgehead atoms. The quantitative estimate of drug-likeness (QED) is 0.221. The number of ether oxygens (including phenoxy) is 2. The van der Waals surface area contributed by atoms with E-state index in [0.717, 1.165) is 25.3 Å². The van der Waals surface area contributed by atoms with E-state index in [4.69, 9.17) is 4.74 Å². The molecular weight excluding hydrogens is 382 g/mol. The van der Waals surface area contributed by atoms with E-state index < -0.39 is 49.4 Å². The zero-order chi connectivity index (χ0) is 20.9. The van der Waals surface area contributed by atoms with Crippen molar-refractivity contribution < 1.29 is 32.4 Å². The number of benzene rings is 1. The number of nitrogens with one attached hydrogen (secondary N) is 1. The maximum absolute atomic E-state index is 12.5. The van der Waals surface area contributed by atoms with E-state index in [1.807, 2.05) is 4.72 Å². The van der Waals surface area contributed by atoms with Gasteiger partial charge in [-0.05, 0) is 26.8 Å². The molecule has 1 aromatic rings. The Balaban J connectivity index is 3.34. The van der Waals surface area contributed by atoms with Crippen molar-refractivity contribution in [2.75, 3.05) is 13.7 Å². The van der Waals surface area contributed by atoms with Crippen LogP contribution in [0, 0.1) is 10.1 Å². The van der Waals surface area contributed by atoms with Gasteiger partial charge in [0.05, 0.1) is 24.2 Å². The van der Waals surface area contributed by atoms with E-state index in [1.54, 1.807) is 20.8 Å². The minimum absolute atomic E-state index is 0.625. The van der Waals surface area contributed by atoms with Gasteiger partial charge in [0.25, 0.3) is 11.4 Å². The van der Waals surface area contributed by atoms with Crippen LogP contribution in [0.15, 0.2) is 34.2 Å². The first-order chi connectivity index (χ1) is 12.4. The summed E-state index contributed by atoms with van der Waals surface area (Å²) >= 11 is 0. The fourth-order valence-corrected chi connectivity index (χ4v) is 3.32. The van der Waals surface area contributed by atoms with Crippen molar-refractivity contribution in [3.8, 4) is 0 Å². The molecule has 1 atom stereocenters. The number of esters is 1. The molecule has 0 heterocycles. The molecule has 0 aliphatic rings. The van der Waals surface area contributed by atoms with Gasteiger partial charge in [-0.1, -0.05) is 12.1 Å². The van der Waals surface area contributed by atoms with Gasteiger partial charge >= 0.3 is 5.97 Å². The third-order valence-corrected chi connectivity index (χ3v) is 4.51. The average molecular weight is 401 g/mol. The lowest BCUT2D eigenvalue weighted by Gasteiger charge is -2.32. The fourth-order valence-electron chi connectivity index (χ4n) is 2.10. The Morgan fingerprint density at radius 1 is 1.33 bits per heavy atom. The third kappa shape index (κ3) is 5.66. The van der Waals surface area contributed by atoms with Crippen molar-refractivity contribution in [2.45, 2.75) is 37.0 Å². The summed E-state index contributed by atoms with van der Waals surface area (Å²) in [5.41, 5.74) is -4.05. The van der Waals surface area contributed by atoms with E-state index in [1.165, 1.54) is 12.1 Å². The van der Waals surface area contributed by atoms with Crippen LogP contribution in [0.4, 0.5) is 5.69 Å². The molecule has 1 N–H and O–H groups in total. The first kappa shape index (κ1) is 22.4. The van der Waals surface area contributed by atoms with Crippen LogP contribution in [0.25, 0.3) is 0 Å². The summed E-state index contributed by atoms with van der Waals surface area (Å²) in [7, 11) is -3.45. The number of nitro benzene ring substituents is 1. The van der Waals surface area contributed by atoms with Gasteiger partial charge in [-0.25, -0.2) is 22.7 Å². The fraction of sp³-hybridized carbons (Fsp3) is 0.467. The molecule has 148 valence electrons. The molecule has 0 radical (unpaired) electrons. The zero-order valence-corrected chi connectivity index (χ0v) is 15.9. The van der Waals surface area contributed by atoms with Gasteiger partial charge in [0.15, 0.2) is 4.90 Å². The van der Waals surface area contributed by atoms with Crippen LogP contribution in [0.2, 0.25) is 0 Å². The lowest BCUT2D eigenvalue weighted by Crippen LogP contribution is -2.53. The number of nitro groups is 1.